The molecule has 0 spiro atoms. The van der Waals surface area contributed by atoms with Gasteiger partial charge >= 0.3 is 0 Å². The largest absolute Gasteiger partial charge is 0.454 e. The van der Waals surface area contributed by atoms with Gasteiger partial charge in [0.25, 0.3) is 0 Å². The van der Waals surface area contributed by atoms with Crippen LogP contribution in [0.1, 0.15) is 0 Å². The molecule has 2 aromatic carbocycles. The van der Waals surface area contributed by atoms with E-state index in [2.05, 4.69) is 35.5 Å². The second kappa shape index (κ2) is 9.38. The van der Waals surface area contributed by atoms with Crippen molar-refractivity contribution in [1.29, 1.82) is 0 Å². The first-order valence-corrected chi connectivity index (χ1v) is 12.1. The number of piperazine rings is 1. The van der Waals surface area contributed by atoms with Crippen LogP contribution in [-0.4, -0.2) is 55.7 Å². The number of aryl methyl sites for hydroxylation is 1. The van der Waals surface area contributed by atoms with Crippen LogP contribution in [0.4, 0.5) is 17.5 Å². The van der Waals surface area contributed by atoms with Crippen LogP contribution in [0, 0.1) is 0 Å². The number of imidazole rings is 1. The SMILES string of the molecule is Cn1cnc2cc(Oc3c(Cl)cc(Nc4ncnc5cnc(N6CCNCC6)nc45)cc3Cl)ccc21. The van der Waals surface area contributed by atoms with Crippen molar-refractivity contribution in [3.05, 3.63) is 59.2 Å². The van der Waals surface area contributed by atoms with Gasteiger partial charge in [0.1, 0.15) is 23.1 Å². The van der Waals surface area contributed by atoms with Gasteiger partial charge in [-0.3, -0.25) is 0 Å². The summed E-state index contributed by atoms with van der Waals surface area (Å²) in [6, 6.07) is 9.09. The maximum atomic E-state index is 6.58. The minimum atomic E-state index is 0.348. The molecule has 1 fully saturated rings. The zero-order valence-corrected chi connectivity index (χ0v) is 20.8. The van der Waals surface area contributed by atoms with Crippen molar-refractivity contribution in [2.24, 2.45) is 7.05 Å². The van der Waals surface area contributed by atoms with Crippen LogP contribution in [-0.2, 0) is 7.05 Å². The standard InChI is InChI=1S/C24H21Cl2N9O/c1-34-13-31-18-10-15(2-3-20(18)34)36-22-16(25)8-14(9-17(22)26)32-23-21-19(29-12-30-23)11-28-24(33-21)35-6-4-27-5-7-35/h2-3,8-13,27H,4-7H2,1H3,(H,29,30,32). The van der Waals surface area contributed by atoms with E-state index in [-0.39, 0.29) is 0 Å². The molecule has 2 N–H and O–H groups in total. The smallest absolute Gasteiger partial charge is 0.226 e. The molecular formula is C24H21Cl2N9O. The fourth-order valence-electron chi connectivity index (χ4n) is 4.12. The molecule has 36 heavy (non-hydrogen) atoms. The Balaban J connectivity index is 1.28. The lowest BCUT2D eigenvalue weighted by atomic mass is 10.2. The van der Waals surface area contributed by atoms with E-state index < -0.39 is 0 Å². The number of aromatic nitrogens is 6. The zero-order chi connectivity index (χ0) is 24.6. The first-order chi connectivity index (χ1) is 17.5. The van der Waals surface area contributed by atoms with E-state index in [0.717, 1.165) is 37.2 Å². The predicted molar refractivity (Wildman–Crippen MR) is 141 cm³/mol. The Bertz CT molecular complexity index is 1560. The number of ether oxygens (including phenoxy) is 1. The van der Waals surface area contributed by atoms with Crippen LogP contribution in [0.3, 0.4) is 0 Å². The zero-order valence-electron chi connectivity index (χ0n) is 19.2. The summed E-state index contributed by atoms with van der Waals surface area (Å²) in [6.45, 7) is 3.45. The summed E-state index contributed by atoms with van der Waals surface area (Å²) < 4.78 is 7.96. The third-order valence-electron chi connectivity index (χ3n) is 5.94. The summed E-state index contributed by atoms with van der Waals surface area (Å²) in [4.78, 5) is 24.4. The number of hydrogen-bond donors (Lipinski definition) is 2. The second-order valence-electron chi connectivity index (χ2n) is 8.37. The molecule has 0 saturated carbocycles. The van der Waals surface area contributed by atoms with Crippen LogP contribution >= 0.6 is 23.2 Å². The van der Waals surface area contributed by atoms with Crippen LogP contribution in [0.15, 0.2) is 49.2 Å². The molecule has 0 atom stereocenters. The molecule has 1 aliphatic rings. The van der Waals surface area contributed by atoms with Gasteiger partial charge < -0.3 is 24.8 Å². The fraction of sp³-hybridized carbons (Fsp3) is 0.208. The maximum absolute atomic E-state index is 6.58. The van der Waals surface area contributed by atoms with Crippen molar-refractivity contribution in [3.8, 4) is 11.5 Å². The molecule has 0 bridgehead atoms. The van der Waals surface area contributed by atoms with Crippen LogP contribution in [0.5, 0.6) is 11.5 Å². The highest BCUT2D eigenvalue weighted by Crippen LogP contribution is 2.40. The quantitative estimate of drug-likeness (QED) is 0.344. The molecule has 12 heteroatoms. The van der Waals surface area contributed by atoms with Crippen molar-refractivity contribution in [2.45, 2.75) is 0 Å². The molecule has 6 rings (SSSR count). The van der Waals surface area contributed by atoms with Gasteiger partial charge in [-0.25, -0.2) is 24.9 Å². The molecule has 0 radical (unpaired) electrons. The molecule has 5 aromatic rings. The lowest BCUT2D eigenvalue weighted by Gasteiger charge is -2.27. The van der Waals surface area contributed by atoms with Crippen LogP contribution in [0.25, 0.3) is 22.1 Å². The number of anilines is 3. The van der Waals surface area contributed by atoms with Crippen molar-refractivity contribution < 1.29 is 4.74 Å². The fourth-order valence-corrected chi connectivity index (χ4v) is 4.68. The molecule has 1 aliphatic heterocycles. The molecule has 4 heterocycles. The van der Waals surface area contributed by atoms with Crippen molar-refractivity contribution in [3.63, 3.8) is 0 Å². The molecule has 0 aliphatic carbocycles. The number of hydrogen-bond acceptors (Lipinski definition) is 9. The van der Waals surface area contributed by atoms with Crippen molar-refractivity contribution >= 4 is 62.7 Å². The summed E-state index contributed by atoms with van der Waals surface area (Å²) >= 11 is 13.2. The molecule has 0 amide bonds. The summed E-state index contributed by atoms with van der Waals surface area (Å²) in [5.74, 6) is 2.12. The number of nitrogens with zero attached hydrogens (tertiary/aromatic N) is 7. The van der Waals surface area contributed by atoms with Crippen LogP contribution in [0.2, 0.25) is 10.0 Å². The van der Waals surface area contributed by atoms with Gasteiger partial charge in [-0.1, -0.05) is 23.2 Å². The van der Waals surface area contributed by atoms with Crippen molar-refractivity contribution in [2.75, 3.05) is 36.4 Å². The average Bonchev–Trinajstić information content (AvgIpc) is 3.26. The topological polar surface area (TPSA) is 106 Å². The van der Waals surface area contributed by atoms with Gasteiger partial charge in [-0.2, -0.15) is 0 Å². The summed E-state index contributed by atoms with van der Waals surface area (Å²) in [7, 11) is 1.94. The minimum absolute atomic E-state index is 0.348. The number of rotatable bonds is 5. The Morgan fingerprint density at radius 1 is 0.972 bits per heavy atom. The molecular weight excluding hydrogens is 501 g/mol. The highest BCUT2D eigenvalue weighted by atomic mass is 35.5. The van der Waals surface area contributed by atoms with Gasteiger partial charge in [0.05, 0.1) is 33.6 Å². The molecule has 10 nitrogen and oxygen atoms in total. The average molecular weight is 522 g/mol. The van der Waals surface area contributed by atoms with E-state index in [0.29, 0.717) is 50.0 Å². The predicted octanol–water partition coefficient (Wildman–Crippen LogP) is 4.56. The van der Waals surface area contributed by atoms with E-state index in [1.165, 1.54) is 6.33 Å². The molecule has 1 saturated heterocycles. The van der Waals surface area contributed by atoms with E-state index in [1.807, 2.05) is 29.8 Å². The minimum Gasteiger partial charge on any atom is -0.454 e. The summed E-state index contributed by atoms with van der Waals surface area (Å²) in [5, 5.41) is 7.29. The van der Waals surface area contributed by atoms with Crippen LogP contribution < -0.4 is 20.3 Å². The van der Waals surface area contributed by atoms with Gasteiger partial charge in [0, 0.05) is 45.0 Å². The number of benzene rings is 2. The van der Waals surface area contributed by atoms with E-state index >= 15 is 0 Å². The third kappa shape index (κ3) is 4.34. The second-order valence-corrected chi connectivity index (χ2v) is 9.18. The van der Waals surface area contributed by atoms with E-state index in [1.54, 1.807) is 24.7 Å². The van der Waals surface area contributed by atoms with E-state index in [4.69, 9.17) is 32.9 Å². The Hall–Kier alpha value is -3.73. The number of fused-ring (bicyclic) bond motifs is 2. The monoisotopic (exact) mass is 521 g/mol. The first-order valence-electron chi connectivity index (χ1n) is 11.3. The lowest BCUT2D eigenvalue weighted by molar-refractivity contribution is 0.484. The van der Waals surface area contributed by atoms with Gasteiger partial charge in [0.2, 0.25) is 5.95 Å². The summed E-state index contributed by atoms with van der Waals surface area (Å²) in [6.07, 6.45) is 4.93. The first kappa shape index (κ1) is 22.7. The number of halogens is 2. The summed E-state index contributed by atoms with van der Waals surface area (Å²) in [5.41, 5.74) is 3.70. The van der Waals surface area contributed by atoms with Gasteiger partial charge in [-0.05, 0) is 24.3 Å². The Kier molecular flexibility index (Phi) is 5.92. The third-order valence-corrected chi connectivity index (χ3v) is 6.50. The van der Waals surface area contributed by atoms with E-state index in [9.17, 15) is 0 Å². The van der Waals surface area contributed by atoms with Crippen molar-refractivity contribution in [1.82, 2.24) is 34.8 Å². The highest BCUT2D eigenvalue weighted by molar-refractivity contribution is 6.37. The van der Waals surface area contributed by atoms with Gasteiger partial charge in [-0.15, -0.1) is 0 Å². The molecule has 182 valence electrons. The maximum Gasteiger partial charge on any atom is 0.226 e. The Morgan fingerprint density at radius 2 is 1.78 bits per heavy atom. The highest BCUT2D eigenvalue weighted by Gasteiger charge is 2.17. The molecule has 0 unspecified atom stereocenters. The Morgan fingerprint density at radius 3 is 2.58 bits per heavy atom. The Labute approximate surface area is 216 Å². The normalized spacial score (nSPS) is 13.9. The lowest BCUT2D eigenvalue weighted by Crippen LogP contribution is -2.44. The van der Waals surface area contributed by atoms with Gasteiger partial charge in [0.15, 0.2) is 11.6 Å². The molecule has 3 aromatic heterocycles. The number of nitrogens with one attached hydrogen (secondary N) is 2.